The Hall–Kier alpha value is -1.84. The predicted octanol–water partition coefficient (Wildman–Crippen LogP) is 3.24. The minimum absolute atomic E-state index is 0.0185. The van der Waals surface area contributed by atoms with Gasteiger partial charge in [0.1, 0.15) is 11.5 Å². The number of carbonyl (C=O) groups is 1. The normalized spacial score (nSPS) is 20.6. The molecule has 1 aromatic heterocycles. The molecule has 20 heavy (non-hydrogen) atoms. The maximum atomic E-state index is 12.0. The second-order valence-corrected chi connectivity index (χ2v) is 5.94. The van der Waals surface area contributed by atoms with E-state index in [-0.39, 0.29) is 23.1 Å². The number of carbonyl (C=O) groups excluding carboxylic acids is 1. The van der Waals surface area contributed by atoms with Crippen LogP contribution in [0.15, 0.2) is 33.0 Å². The van der Waals surface area contributed by atoms with Crippen molar-refractivity contribution in [3.8, 4) is 5.75 Å². The summed E-state index contributed by atoms with van der Waals surface area (Å²) < 4.78 is 10.1. The number of esters is 1. The van der Waals surface area contributed by atoms with Crippen LogP contribution in [0.3, 0.4) is 0 Å². The molecule has 0 aliphatic heterocycles. The molecule has 0 bridgehead atoms. The highest BCUT2D eigenvalue weighted by molar-refractivity contribution is 5.73. The molecule has 0 unspecified atom stereocenters. The highest BCUT2D eigenvalue weighted by Crippen LogP contribution is 2.44. The first-order valence-corrected chi connectivity index (χ1v) is 6.79. The molecule has 1 aromatic rings. The highest BCUT2D eigenvalue weighted by Gasteiger charge is 2.36. The summed E-state index contributed by atoms with van der Waals surface area (Å²) in [5, 5.41) is 0. The second-order valence-electron chi connectivity index (χ2n) is 5.94. The quantitative estimate of drug-likeness (QED) is 0.628. The number of aryl methyl sites for hydroxylation is 1. The van der Waals surface area contributed by atoms with Crippen LogP contribution in [-0.4, -0.2) is 5.97 Å². The molecule has 0 saturated heterocycles. The van der Waals surface area contributed by atoms with Crippen LogP contribution in [0, 0.1) is 18.3 Å². The first-order valence-electron chi connectivity index (χ1n) is 6.79. The third-order valence-corrected chi connectivity index (χ3v) is 4.26. The smallest absolute Gasteiger partial charge is 0.339 e. The molecule has 1 aliphatic rings. The van der Waals surface area contributed by atoms with E-state index in [0.717, 1.165) is 6.42 Å². The molecule has 4 nitrogen and oxygen atoms in total. The van der Waals surface area contributed by atoms with Crippen molar-refractivity contribution < 1.29 is 13.9 Å². The average molecular weight is 276 g/mol. The summed E-state index contributed by atoms with van der Waals surface area (Å²) >= 11 is 0. The Morgan fingerprint density at radius 2 is 2.10 bits per heavy atom. The fourth-order valence-corrected chi connectivity index (χ4v) is 2.55. The summed E-state index contributed by atoms with van der Waals surface area (Å²) in [6.45, 7) is 8.03. The van der Waals surface area contributed by atoms with E-state index < -0.39 is 5.63 Å². The minimum atomic E-state index is -0.508. The van der Waals surface area contributed by atoms with E-state index in [1.165, 1.54) is 11.6 Å². The van der Waals surface area contributed by atoms with Gasteiger partial charge in [-0.15, -0.1) is 0 Å². The second kappa shape index (κ2) is 5.27. The van der Waals surface area contributed by atoms with E-state index in [0.29, 0.717) is 12.2 Å². The van der Waals surface area contributed by atoms with Gasteiger partial charge in [-0.1, -0.05) is 25.5 Å². The number of hydrogen-bond donors (Lipinski definition) is 0. The maximum absolute atomic E-state index is 12.0. The minimum Gasteiger partial charge on any atom is -0.428 e. The van der Waals surface area contributed by atoms with Gasteiger partial charge >= 0.3 is 11.6 Å². The van der Waals surface area contributed by atoms with Gasteiger partial charge in [0.05, 0.1) is 6.07 Å². The molecule has 1 atom stereocenters. The lowest BCUT2D eigenvalue weighted by atomic mass is 9.76. The van der Waals surface area contributed by atoms with Crippen molar-refractivity contribution in [3.05, 3.63) is 40.0 Å². The van der Waals surface area contributed by atoms with Crippen molar-refractivity contribution in [1.29, 1.82) is 0 Å². The van der Waals surface area contributed by atoms with Gasteiger partial charge in [-0.3, -0.25) is 4.79 Å². The molecule has 0 spiro atoms. The summed E-state index contributed by atoms with van der Waals surface area (Å²) in [4.78, 5) is 23.2. The van der Waals surface area contributed by atoms with Gasteiger partial charge in [-0.2, -0.15) is 0 Å². The van der Waals surface area contributed by atoms with Crippen LogP contribution in [-0.2, 0) is 4.79 Å². The van der Waals surface area contributed by atoms with Crippen molar-refractivity contribution in [1.82, 2.24) is 0 Å². The van der Waals surface area contributed by atoms with Gasteiger partial charge in [0.15, 0.2) is 0 Å². The van der Waals surface area contributed by atoms with Crippen LogP contribution in [0.2, 0.25) is 0 Å². The van der Waals surface area contributed by atoms with Gasteiger partial charge < -0.3 is 9.15 Å². The maximum Gasteiger partial charge on any atom is 0.339 e. The van der Waals surface area contributed by atoms with Crippen molar-refractivity contribution in [2.45, 2.75) is 40.5 Å². The molecule has 108 valence electrons. The topological polar surface area (TPSA) is 56.5 Å². The summed E-state index contributed by atoms with van der Waals surface area (Å²) in [5.41, 5.74) is 0.822. The van der Waals surface area contributed by atoms with Gasteiger partial charge in [0, 0.05) is 12.5 Å². The zero-order valence-corrected chi connectivity index (χ0v) is 12.4. The largest absolute Gasteiger partial charge is 0.428 e. The standard InChI is InChI=1S/C16H20O4/c1-10-5-6-12(16(10,3)4)8-14(17)20-13-7-11(2)19-15(18)9-13/h5,7,9,12H,6,8H2,1-4H3/t12-/m0/s1. The monoisotopic (exact) mass is 276 g/mol. The summed E-state index contributed by atoms with van der Waals surface area (Å²) in [6, 6.07) is 2.73. The third kappa shape index (κ3) is 3.00. The molecular weight excluding hydrogens is 256 g/mol. The Kier molecular flexibility index (Phi) is 3.84. The van der Waals surface area contributed by atoms with E-state index >= 15 is 0 Å². The Bertz CT molecular complexity index is 607. The Morgan fingerprint density at radius 3 is 2.65 bits per heavy atom. The average Bonchev–Trinajstić information content (AvgIpc) is 2.54. The third-order valence-electron chi connectivity index (χ3n) is 4.26. The zero-order chi connectivity index (χ0) is 14.9. The van der Waals surface area contributed by atoms with E-state index in [9.17, 15) is 9.59 Å². The van der Waals surface area contributed by atoms with E-state index in [4.69, 9.17) is 9.15 Å². The first kappa shape index (κ1) is 14.6. The predicted molar refractivity (Wildman–Crippen MR) is 75.6 cm³/mol. The van der Waals surface area contributed by atoms with Crippen LogP contribution in [0.5, 0.6) is 5.75 Å². The fraction of sp³-hybridized carbons (Fsp3) is 0.500. The van der Waals surface area contributed by atoms with Crippen LogP contribution in [0.1, 0.15) is 39.4 Å². The van der Waals surface area contributed by atoms with Crippen LogP contribution < -0.4 is 10.4 Å². The van der Waals surface area contributed by atoms with E-state index in [1.807, 2.05) is 0 Å². The van der Waals surface area contributed by atoms with Gasteiger partial charge in [-0.25, -0.2) is 4.79 Å². The molecule has 1 aliphatic carbocycles. The first-order chi connectivity index (χ1) is 9.29. The summed E-state index contributed by atoms with van der Waals surface area (Å²) in [5.74, 6) is 0.621. The molecular formula is C16H20O4. The van der Waals surface area contributed by atoms with Crippen LogP contribution in [0.25, 0.3) is 0 Å². The molecule has 0 saturated carbocycles. The summed E-state index contributed by atoms with van der Waals surface area (Å²) in [7, 11) is 0. The lowest BCUT2D eigenvalue weighted by Gasteiger charge is -2.28. The van der Waals surface area contributed by atoms with Crippen molar-refractivity contribution in [3.63, 3.8) is 0 Å². The Labute approximate surface area is 118 Å². The molecule has 2 rings (SSSR count). The Balaban J connectivity index is 2.02. The van der Waals surface area contributed by atoms with Crippen molar-refractivity contribution >= 4 is 5.97 Å². The van der Waals surface area contributed by atoms with Crippen molar-refractivity contribution in [2.75, 3.05) is 0 Å². The van der Waals surface area contributed by atoms with Crippen molar-refractivity contribution in [2.24, 2.45) is 11.3 Å². The number of ether oxygens (including phenoxy) is 1. The van der Waals surface area contributed by atoms with Gasteiger partial charge in [0.2, 0.25) is 0 Å². The molecule has 0 radical (unpaired) electrons. The molecule has 0 aromatic carbocycles. The van der Waals surface area contributed by atoms with Crippen LogP contribution >= 0.6 is 0 Å². The lowest BCUT2D eigenvalue weighted by molar-refractivity contribution is -0.136. The van der Waals surface area contributed by atoms with Gasteiger partial charge in [-0.05, 0) is 31.6 Å². The fourth-order valence-electron chi connectivity index (χ4n) is 2.55. The van der Waals surface area contributed by atoms with Gasteiger partial charge in [0.25, 0.3) is 0 Å². The highest BCUT2D eigenvalue weighted by atomic mass is 16.5. The lowest BCUT2D eigenvalue weighted by Crippen LogP contribution is -2.25. The van der Waals surface area contributed by atoms with E-state index in [2.05, 4.69) is 26.8 Å². The van der Waals surface area contributed by atoms with Crippen LogP contribution in [0.4, 0.5) is 0 Å². The summed E-state index contributed by atoms with van der Waals surface area (Å²) in [6.07, 6.45) is 3.42. The van der Waals surface area contributed by atoms with E-state index in [1.54, 1.807) is 13.0 Å². The number of hydrogen-bond acceptors (Lipinski definition) is 4. The number of allylic oxidation sites excluding steroid dienone is 2. The molecule has 0 fully saturated rings. The molecule has 0 N–H and O–H groups in total. The Morgan fingerprint density at radius 1 is 1.40 bits per heavy atom. The molecule has 1 heterocycles. The molecule has 0 amide bonds. The molecule has 4 heteroatoms. The SMILES string of the molecule is CC1=CC[C@@H](CC(=O)Oc2cc(C)oc(=O)c2)C1(C)C. The zero-order valence-electron chi connectivity index (χ0n) is 12.4. The number of rotatable bonds is 3.